The van der Waals surface area contributed by atoms with E-state index in [0.717, 1.165) is 29.5 Å². The van der Waals surface area contributed by atoms with Crippen LogP contribution < -0.4 is 4.74 Å². The van der Waals surface area contributed by atoms with Gasteiger partial charge in [0.05, 0.1) is 7.11 Å². The quantitative estimate of drug-likeness (QED) is 0.757. The summed E-state index contributed by atoms with van der Waals surface area (Å²) in [4.78, 5) is 0. The van der Waals surface area contributed by atoms with Crippen LogP contribution in [0.15, 0.2) is 18.2 Å². The molecule has 0 aliphatic heterocycles. The number of rotatable bonds is 3. The van der Waals surface area contributed by atoms with E-state index in [1.54, 1.807) is 19.2 Å². The summed E-state index contributed by atoms with van der Waals surface area (Å²) in [5.74, 6) is 0.608. The van der Waals surface area contributed by atoms with Crippen molar-refractivity contribution in [1.82, 2.24) is 0 Å². The van der Waals surface area contributed by atoms with Gasteiger partial charge < -0.3 is 4.74 Å². The molecule has 1 aliphatic rings. The zero-order chi connectivity index (χ0) is 10.2. The van der Waals surface area contributed by atoms with Gasteiger partial charge in [0.25, 0.3) is 0 Å². The molecule has 1 saturated carbocycles. The van der Waals surface area contributed by atoms with Crippen molar-refractivity contribution < 1.29 is 9.13 Å². The molecule has 1 aliphatic carbocycles. The molecule has 2 rings (SSSR count). The van der Waals surface area contributed by atoms with E-state index >= 15 is 0 Å². The number of benzene rings is 1. The molecule has 1 fully saturated rings. The molecule has 76 valence electrons. The van der Waals surface area contributed by atoms with Crippen molar-refractivity contribution in [3.63, 3.8) is 0 Å². The highest BCUT2D eigenvalue weighted by Gasteiger charge is 2.45. The van der Waals surface area contributed by atoms with Gasteiger partial charge in [-0.3, -0.25) is 0 Å². The molecule has 1 aromatic carbocycles. The second-order valence-electron chi connectivity index (χ2n) is 3.76. The van der Waals surface area contributed by atoms with E-state index in [-0.39, 0.29) is 11.2 Å². The van der Waals surface area contributed by atoms with Gasteiger partial charge in [0.15, 0.2) is 0 Å². The van der Waals surface area contributed by atoms with Gasteiger partial charge in [0.2, 0.25) is 0 Å². The zero-order valence-electron chi connectivity index (χ0n) is 8.02. The zero-order valence-corrected chi connectivity index (χ0v) is 9.60. The minimum absolute atomic E-state index is 0.118. The summed E-state index contributed by atoms with van der Waals surface area (Å²) in [6.45, 7) is 0. The van der Waals surface area contributed by atoms with Crippen LogP contribution in [0.5, 0.6) is 5.75 Å². The molecule has 0 radical (unpaired) electrons. The minimum Gasteiger partial charge on any atom is -0.496 e. The number of hydrogen-bond acceptors (Lipinski definition) is 1. The highest BCUT2D eigenvalue weighted by atomic mass is 79.9. The molecular weight excluding hydrogens is 247 g/mol. The number of hydrogen-bond donors (Lipinski definition) is 0. The Hall–Kier alpha value is -0.570. The lowest BCUT2D eigenvalue weighted by atomic mass is 9.97. The summed E-state index contributed by atoms with van der Waals surface area (Å²) in [7, 11) is 1.63. The van der Waals surface area contributed by atoms with Crippen LogP contribution in [-0.4, -0.2) is 12.4 Å². The number of alkyl halides is 1. The fourth-order valence-electron chi connectivity index (χ4n) is 1.72. The molecular formula is C11H12BrFO. The van der Waals surface area contributed by atoms with Crippen LogP contribution in [-0.2, 0) is 5.41 Å². The number of methoxy groups -OCH3 is 1. The van der Waals surface area contributed by atoms with E-state index in [4.69, 9.17) is 4.74 Å². The van der Waals surface area contributed by atoms with Crippen molar-refractivity contribution in [2.45, 2.75) is 18.3 Å². The lowest BCUT2D eigenvalue weighted by molar-refractivity contribution is 0.404. The third-order valence-corrected chi connectivity index (χ3v) is 3.92. The maximum atomic E-state index is 13.1. The van der Waals surface area contributed by atoms with Crippen LogP contribution in [0.3, 0.4) is 0 Å². The van der Waals surface area contributed by atoms with Gasteiger partial charge in [-0.25, -0.2) is 4.39 Å². The van der Waals surface area contributed by atoms with Crippen molar-refractivity contribution >= 4 is 15.9 Å². The normalized spacial score (nSPS) is 17.9. The third-order valence-electron chi connectivity index (χ3n) is 2.84. The largest absolute Gasteiger partial charge is 0.496 e. The lowest BCUT2D eigenvalue weighted by Gasteiger charge is -2.16. The first kappa shape index (κ1) is 9.97. The molecule has 0 bridgehead atoms. The Morgan fingerprint density at radius 3 is 2.71 bits per heavy atom. The van der Waals surface area contributed by atoms with Crippen LogP contribution in [0.1, 0.15) is 18.4 Å². The average Bonchev–Trinajstić information content (AvgIpc) is 2.98. The molecule has 1 aromatic rings. The Bertz CT molecular complexity index is 347. The third kappa shape index (κ3) is 1.54. The van der Waals surface area contributed by atoms with Crippen LogP contribution in [0, 0.1) is 5.82 Å². The van der Waals surface area contributed by atoms with Gasteiger partial charge in [0, 0.05) is 16.3 Å². The van der Waals surface area contributed by atoms with Crippen molar-refractivity contribution in [1.29, 1.82) is 0 Å². The fourth-order valence-corrected chi connectivity index (χ4v) is 2.58. The van der Waals surface area contributed by atoms with E-state index in [9.17, 15) is 4.39 Å². The number of ether oxygens (including phenoxy) is 1. The maximum absolute atomic E-state index is 13.1. The summed E-state index contributed by atoms with van der Waals surface area (Å²) in [5.41, 5.74) is 1.12. The Morgan fingerprint density at radius 1 is 1.50 bits per heavy atom. The van der Waals surface area contributed by atoms with Gasteiger partial charge in [-0.05, 0) is 31.0 Å². The molecule has 14 heavy (non-hydrogen) atoms. The standard InChI is InChI=1S/C11H12BrFO/c1-14-10-3-2-8(13)6-9(10)11(7-12)4-5-11/h2-3,6H,4-5,7H2,1H3. The molecule has 0 spiro atoms. The molecule has 1 nitrogen and oxygen atoms in total. The smallest absolute Gasteiger partial charge is 0.123 e. The topological polar surface area (TPSA) is 9.23 Å². The predicted molar refractivity (Wildman–Crippen MR) is 57.7 cm³/mol. The highest BCUT2D eigenvalue weighted by molar-refractivity contribution is 9.09. The summed E-state index contributed by atoms with van der Waals surface area (Å²) in [5, 5.41) is 0.875. The first-order valence-electron chi connectivity index (χ1n) is 4.62. The van der Waals surface area contributed by atoms with Gasteiger partial charge in [-0.15, -0.1) is 0 Å². The maximum Gasteiger partial charge on any atom is 0.123 e. The van der Waals surface area contributed by atoms with Crippen molar-refractivity contribution in [2.75, 3.05) is 12.4 Å². The van der Waals surface area contributed by atoms with E-state index in [1.165, 1.54) is 6.07 Å². The van der Waals surface area contributed by atoms with Crippen molar-refractivity contribution in [3.8, 4) is 5.75 Å². The first-order valence-corrected chi connectivity index (χ1v) is 5.74. The molecule has 3 heteroatoms. The van der Waals surface area contributed by atoms with E-state index in [2.05, 4.69) is 15.9 Å². The first-order chi connectivity index (χ1) is 6.72. The van der Waals surface area contributed by atoms with Crippen molar-refractivity contribution in [3.05, 3.63) is 29.6 Å². The van der Waals surface area contributed by atoms with E-state index < -0.39 is 0 Å². The Kier molecular flexibility index (Phi) is 2.52. The van der Waals surface area contributed by atoms with E-state index in [0.29, 0.717) is 0 Å². The summed E-state index contributed by atoms with van der Waals surface area (Å²) >= 11 is 3.48. The molecule has 0 aromatic heterocycles. The molecule has 0 atom stereocenters. The van der Waals surface area contributed by atoms with Crippen molar-refractivity contribution in [2.24, 2.45) is 0 Å². The second kappa shape index (κ2) is 3.54. The monoisotopic (exact) mass is 258 g/mol. The Balaban J connectivity index is 2.44. The van der Waals surface area contributed by atoms with Gasteiger partial charge in [0.1, 0.15) is 11.6 Å². The minimum atomic E-state index is -0.187. The van der Waals surface area contributed by atoms with Crippen LogP contribution in [0.4, 0.5) is 4.39 Å². The molecule has 0 heterocycles. The van der Waals surface area contributed by atoms with Gasteiger partial charge in [-0.1, -0.05) is 15.9 Å². The predicted octanol–water partition coefficient (Wildman–Crippen LogP) is 3.26. The summed E-state index contributed by atoms with van der Waals surface area (Å²) < 4.78 is 18.3. The second-order valence-corrected chi connectivity index (χ2v) is 4.32. The molecule has 0 amide bonds. The highest BCUT2D eigenvalue weighted by Crippen LogP contribution is 2.52. The SMILES string of the molecule is COc1ccc(F)cc1C1(CBr)CC1. The summed E-state index contributed by atoms with van der Waals surface area (Å²) in [6.07, 6.45) is 2.22. The van der Waals surface area contributed by atoms with Gasteiger partial charge in [-0.2, -0.15) is 0 Å². The van der Waals surface area contributed by atoms with Gasteiger partial charge >= 0.3 is 0 Å². The summed E-state index contributed by atoms with van der Waals surface area (Å²) in [6, 6.07) is 4.73. The molecule has 0 unspecified atom stereocenters. The van der Waals surface area contributed by atoms with E-state index in [1.807, 2.05) is 0 Å². The van der Waals surface area contributed by atoms with Crippen LogP contribution >= 0.6 is 15.9 Å². The molecule has 0 saturated heterocycles. The van der Waals surface area contributed by atoms with Crippen LogP contribution in [0.2, 0.25) is 0 Å². The fraction of sp³-hybridized carbons (Fsp3) is 0.455. The molecule has 0 N–H and O–H groups in total. The van der Waals surface area contributed by atoms with Crippen LogP contribution in [0.25, 0.3) is 0 Å². The Morgan fingerprint density at radius 2 is 2.21 bits per heavy atom. The lowest BCUT2D eigenvalue weighted by Crippen LogP contribution is -2.10. The number of halogens is 2. The Labute approximate surface area is 91.4 Å². The average molecular weight is 259 g/mol.